The number of benzene rings is 1. The van der Waals surface area contributed by atoms with Crippen molar-refractivity contribution in [1.82, 2.24) is 20.8 Å². The number of carbonyl (C=O) groups is 1. The van der Waals surface area contributed by atoms with Gasteiger partial charge in [0, 0.05) is 13.1 Å². The van der Waals surface area contributed by atoms with Crippen LogP contribution in [0.25, 0.3) is 10.6 Å². The predicted molar refractivity (Wildman–Crippen MR) is 111 cm³/mol. The van der Waals surface area contributed by atoms with Gasteiger partial charge in [0.05, 0.1) is 17.0 Å². The molecule has 2 amide bonds. The van der Waals surface area contributed by atoms with Crippen molar-refractivity contribution >= 4 is 29.0 Å². The van der Waals surface area contributed by atoms with Gasteiger partial charge in [0.15, 0.2) is 10.9 Å². The van der Waals surface area contributed by atoms with Crippen molar-refractivity contribution in [2.45, 2.75) is 32.9 Å². The molecule has 0 saturated heterocycles. The highest BCUT2D eigenvalue weighted by molar-refractivity contribution is 7.17. The molecule has 3 rings (SSSR count). The fraction of sp³-hybridized carbons (Fsp3) is 0.316. The molecular formula is C19H21ClN4O4S. The molecule has 0 fully saturated rings. The van der Waals surface area contributed by atoms with E-state index in [0.29, 0.717) is 27.3 Å². The Kier molecular flexibility index (Phi) is 6.60. The summed E-state index contributed by atoms with van der Waals surface area (Å²) in [5.74, 6) is 1.87. The summed E-state index contributed by atoms with van der Waals surface area (Å²) in [5, 5.41) is 9.87. The van der Waals surface area contributed by atoms with Crippen LogP contribution >= 0.6 is 22.9 Å². The topological polar surface area (TPSA) is 98.5 Å². The predicted octanol–water partition coefficient (Wildman–Crippen LogP) is 5.02. The molecule has 8 nitrogen and oxygen atoms in total. The van der Waals surface area contributed by atoms with E-state index in [1.165, 1.54) is 18.4 Å². The van der Waals surface area contributed by atoms with Crippen molar-refractivity contribution in [3.8, 4) is 27.3 Å². The lowest BCUT2D eigenvalue weighted by Crippen LogP contribution is -2.34. The maximum absolute atomic E-state index is 11.4. The molecule has 2 heterocycles. The van der Waals surface area contributed by atoms with Crippen molar-refractivity contribution < 1.29 is 18.8 Å². The van der Waals surface area contributed by atoms with Gasteiger partial charge >= 0.3 is 6.03 Å². The number of thiazole rings is 1. The highest BCUT2D eigenvalue weighted by atomic mass is 35.5. The Bertz CT molecular complexity index is 971. The van der Waals surface area contributed by atoms with Crippen LogP contribution in [0, 0.1) is 0 Å². The molecule has 1 atom stereocenters. The average molecular weight is 437 g/mol. The van der Waals surface area contributed by atoms with Gasteiger partial charge in [0.1, 0.15) is 17.2 Å². The number of halogens is 1. The molecule has 0 saturated carbocycles. The minimum atomic E-state index is -0.356. The maximum atomic E-state index is 11.4. The Morgan fingerprint density at radius 2 is 1.90 bits per heavy atom. The van der Waals surface area contributed by atoms with Crippen molar-refractivity contribution in [2.75, 3.05) is 7.05 Å². The molecule has 2 aromatic heterocycles. The van der Waals surface area contributed by atoms with Gasteiger partial charge in [-0.25, -0.2) is 4.79 Å². The van der Waals surface area contributed by atoms with Crippen LogP contribution in [-0.4, -0.2) is 29.3 Å². The van der Waals surface area contributed by atoms with Gasteiger partial charge in [-0.3, -0.25) is 0 Å². The van der Waals surface area contributed by atoms with Gasteiger partial charge < -0.3 is 24.6 Å². The normalized spacial score (nSPS) is 11.9. The van der Waals surface area contributed by atoms with Crippen LogP contribution in [0.2, 0.25) is 5.15 Å². The van der Waals surface area contributed by atoms with Crippen LogP contribution in [0.5, 0.6) is 16.7 Å². The van der Waals surface area contributed by atoms with E-state index in [1.807, 2.05) is 26.0 Å². The van der Waals surface area contributed by atoms with Crippen LogP contribution < -0.4 is 20.1 Å². The van der Waals surface area contributed by atoms with Crippen molar-refractivity contribution in [3.05, 3.63) is 41.2 Å². The number of urea groups is 1. The Labute approximate surface area is 177 Å². The van der Waals surface area contributed by atoms with Crippen LogP contribution in [0.3, 0.4) is 0 Å². The molecule has 0 aliphatic carbocycles. The first kappa shape index (κ1) is 20.9. The monoisotopic (exact) mass is 436 g/mol. The minimum Gasteiger partial charge on any atom is -0.491 e. The lowest BCUT2D eigenvalue weighted by molar-refractivity contribution is 0.237. The van der Waals surface area contributed by atoms with Crippen LogP contribution in [0.4, 0.5) is 4.79 Å². The number of ether oxygens (including phenoxy) is 2. The zero-order valence-electron chi connectivity index (χ0n) is 16.4. The Morgan fingerprint density at radius 3 is 2.55 bits per heavy atom. The molecular weight excluding hydrogens is 416 g/mol. The summed E-state index contributed by atoms with van der Waals surface area (Å²) in [6.07, 6.45) is 0.101. The zero-order chi connectivity index (χ0) is 21.0. The second-order valence-corrected chi connectivity index (χ2v) is 7.72. The van der Waals surface area contributed by atoms with E-state index in [9.17, 15) is 4.79 Å². The molecule has 3 aromatic rings. The van der Waals surface area contributed by atoms with Gasteiger partial charge in [0.2, 0.25) is 0 Å². The molecule has 2 N–H and O–H groups in total. The van der Waals surface area contributed by atoms with Gasteiger partial charge in [-0.1, -0.05) is 28.1 Å². The van der Waals surface area contributed by atoms with Crippen molar-refractivity contribution in [3.63, 3.8) is 0 Å². The first-order valence-electron chi connectivity index (χ1n) is 8.92. The molecule has 0 radical (unpaired) electrons. The maximum Gasteiger partial charge on any atom is 0.315 e. The van der Waals surface area contributed by atoms with Gasteiger partial charge in [-0.15, -0.1) is 0 Å². The number of nitrogens with one attached hydrogen (secondary N) is 2. The minimum absolute atomic E-state index is 0.101. The lowest BCUT2D eigenvalue weighted by Gasteiger charge is -2.09. The number of hydrogen-bond donors (Lipinski definition) is 2. The summed E-state index contributed by atoms with van der Waals surface area (Å²) >= 11 is 7.51. The molecule has 0 aliphatic heterocycles. The average Bonchev–Trinajstić information content (AvgIpc) is 3.29. The molecule has 0 spiro atoms. The van der Waals surface area contributed by atoms with Crippen LogP contribution in [0.15, 0.2) is 34.9 Å². The van der Waals surface area contributed by atoms with Crippen molar-refractivity contribution in [1.29, 1.82) is 0 Å². The molecule has 0 aliphatic rings. The SMILES string of the molecule is CNC(=O)NC(C)c1cc(-c2sc(Oc3ccc(OC(C)C)cc3)nc2Cl)no1. The molecule has 10 heteroatoms. The lowest BCUT2D eigenvalue weighted by atomic mass is 10.2. The van der Waals surface area contributed by atoms with Gasteiger partial charge in [-0.05, 0) is 45.0 Å². The van der Waals surface area contributed by atoms with E-state index in [2.05, 4.69) is 20.8 Å². The van der Waals surface area contributed by atoms with E-state index in [4.69, 9.17) is 25.6 Å². The van der Waals surface area contributed by atoms with E-state index >= 15 is 0 Å². The quantitative estimate of drug-likeness (QED) is 0.539. The fourth-order valence-electron chi connectivity index (χ4n) is 2.38. The molecule has 0 bridgehead atoms. The molecule has 1 unspecified atom stereocenters. The van der Waals surface area contributed by atoms with E-state index in [-0.39, 0.29) is 23.3 Å². The van der Waals surface area contributed by atoms with E-state index in [1.54, 1.807) is 25.1 Å². The Hall–Kier alpha value is -2.78. The number of rotatable bonds is 7. The smallest absolute Gasteiger partial charge is 0.315 e. The number of nitrogens with zero attached hydrogens (tertiary/aromatic N) is 2. The van der Waals surface area contributed by atoms with Crippen LogP contribution in [0.1, 0.15) is 32.6 Å². The van der Waals surface area contributed by atoms with Gasteiger partial charge in [0.25, 0.3) is 5.19 Å². The van der Waals surface area contributed by atoms with Gasteiger partial charge in [-0.2, -0.15) is 4.98 Å². The Balaban J connectivity index is 1.71. The largest absolute Gasteiger partial charge is 0.491 e. The third-order valence-corrected chi connectivity index (χ3v) is 5.07. The first-order chi connectivity index (χ1) is 13.9. The zero-order valence-corrected chi connectivity index (χ0v) is 17.9. The summed E-state index contributed by atoms with van der Waals surface area (Å²) < 4.78 is 16.7. The second-order valence-electron chi connectivity index (χ2n) is 6.40. The number of hydrogen-bond acceptors (Lipinski definition) is 7. The summed E-state index contributed by atoms with van der Waals surface area (Å²) in [5.41, 5.74) is 0.517. The van der Waals surface area contributed by atoms with Crippen LogP contribution in [-0.2, 0) is 0 Å². The second kappa shape index (κ2) is 9.15. The summed E-state index contributed by atoms with van der Waals surface area (Å²) in [6.45, 7) is 5.72. The highest BCUT2D eigenvalue weighted by Gasteiger charge is 2.20. The van der Waals surface area contributed by atoms with E-state index in [0.717, 1.165) is 5.75 Å². The number of carbonyl (C=O) groups excluding carboxylic acids is 1. The Morgan fingerprint density at radius 1 is 1.21 bits per heavy atom. The first-order valence-corrected chi connectivity index (χ1v) is 10.1. The molecule has 1 aromatic carbocycles. The molecule has 154 valence electrons. The summed E-state index contributed by atoms with van der Waals surface area (Å²) in [6, 6.07) is 8.30. The fourth-order valence-corrected chi connectivity index (χ4v) is 3.50. The van der Waals surface area contributed by atoms with Crippen molar-refractivity contribution in [2.24, 2.45) is 0 Å². The summed E-state index contributed by atoms with van der Waals surface area (Å²) in [7, 11) is 1.54. The highest BCUT2D eigenvalue weighted by Crippen LogP contribution is 2.39. The number of aromatic nitrogens is 2. The standard InChI is InChI=1S/C19H21ClN4O4S/c1-10(2)26-12-5-7-13(8-6-12)27-19-23-17(20)16(29-19)14-9-15(28-24-14)11(3)22-18(25)21-4/h5-11H,1-4H3,(H2,21,22,25). The number of amides is 2. The van der Waals surface area contributed by atoms with E-state index < -0.39 is 0 Å². The summed E-state index contributed by atoms with van der Waals surface area (Å²) in [4.78, 5) is 16.3. The molecule has 29 heavy (non-hydrogen) atoms. The third kappa shape index (κ3) is 5.39. The third-order valence-electron chi connectivity index (χ3n) is 3.73.